The van der Waals surface area contributed by atoms with E-state index in [-0.39, 0.29) is 10.3 Å². The first-order valence-electron chi connectivity index (χ1n) is 6.19. The highest BCUT2D eigenvalue weighted by molar-refractivity contribution is 8.03. The van der Waals surface area contributed by atoms with Crippen molar-refractivity contribution in [2.45, 2.75) is 13.8 Å². The summed E-state index contributed by atoms with van der Waals surface area (Å²) in [4.78, 5) is 12.7. The number of carbonyl (C=O) groups excluding carboxylic acids is 1. The van der Waals surface area contributed by atoms with Gasteiger partial charge in [-0.3, -0.25) is 4.79 Å². The van der Waals surface area contributed by atoms with E-state index in [1.54, 1.807) is 0 Å². The quantitative estimate of drug-likeness (QED) is 0.476. The summed E-state index contributed by atoms with van der Waals surface area (Å²) in [5.74, 6) is -0.882. The second-order valence-corrected chi connectivity index (χ2v) is 8.43. The van der Waals surface area contributed by atoms with E-state index in [2.05, 4.69) is 0 Å². The Bertz CT molecular complexity index is 478. The van der Waals surface area contributed by atoms with Crippen LogP contribution in [0.5, 0.6) is 0 Å². The summed E-state index contributed by atoms with van der Waals surface area (Å²) >= 11 is 0. The van der Waals surface area contributed by atoms with Gasteiger partial charge in [-0.1, -0.05) is 3.71 Å². The van der Waals surface area contributed by atoms with Crippen LogP contribution in [0.3, 0.4) is 0 Å². The average Bonchev–Trinajstić information content (AvgIpc) is 2.29. The molecule has 0 radical (unpaired) electrons. The van der Waals surface area contributed by atoms with Crippen molar-refractivity contribution in [3.05, 3.63) is 0 Å². The van der Waals surface area contributed by atoms with E-state index in [1.807, 2.05) is 13.8 Å². The molecule has 0 heterocycles. The molecule has 0 aromatic heterocycles. The summed E-state index contributed by atoms with van der Waals surface area (Å²) < 4.78 is 50.3. The molecule has 120 valence electrons. The van der Waals surface area contributed by atoms with Gasteiger partial charge in [0.15, 0.2) is 0 Å². The Hall–Kier alpha value is -0.710. The molecule has 10 heteroatoms. The van der Waals surface area contributed by atoms with Crippen molar-refractivity contribution in [3.8, 4) is 0 Å². The van der Waals surface area contributed by atoms with E-state index in [9.17, 15) is 21.6 Å². The van der Waals surface area contributed by atoms with Crippen LogP contribution in [0.2, 0.25) is 0 Å². The summed E-state index contributed by atoms with van der Waals surface area (Å²) in [7, 11) is -8.06. The van der Waals surface area contributed by atoms with Crippen LogP contribution < -0.4 is 4.90 Å². The van der Waals surface area contributed by atoms with Crippen molar-refractivity contribution in [2.24, 2.45) is 0 Å². The third kappa shape index (κ3) is 7.17. The van der Waals surface area contributed by atoms with Crippen molar-refractivity contribution in [1.29, 1.82) is 0 Å². The minimum absolute atomic E-state index is 0.122. The standard InChI is InChI=1S/C10H22N2O6S2/c1-5-11(6-2)7-8-18-10(13)9-12(19(3,14)15)20(4,16)17/h5-9H2,1-4H3/p+1. The van der Waals surface area contributed by atoms with Crippen LogP contribution in [-0.2, 0) is 29.6 Å². The molecule has 0 bridgehead atoms. The maximum atomic E-state index is 11.5. The van der Waals surface area contributed by atoms with Crippen molar-refractivity contribution >= 4 is 26.0 Å². The van der Waals surface area contributed by atoms with Crippen LogP contribution in [0.15, 0.2) is 0 Å². The third-order valence-electron chi connectivity index (χ3n) is 2.72. The lowest BCUT2D eigenvalue weighted by atomic mass is 10.5. The molecule has 0 saturated carbocycles. The van der Waals surface area contributed by atoms with Gasteiger partial charge in [-0.25, -0.2) is 16.8 Å². The Kier molecular flexibility index (Phi) is 7.63. The first-order valence-corrected chi connectivity index (χ1v) is 9.89. The molecular formula is C10H23N2O6S2+. The Morgan fingerprint density at radius 2 is 1.50 bits per heavy atom. The van der Waals surface area contributed by atoms with Gasteiger partial charge < -0.3 is 9.64 Å². The summed E-state index contributed by atoms with van der Waals surface area (Å²) in [5.41, 5.74) is 0. The van der Waals surface area contributed by atoms with Crippen molar-refractivity contribution in [1.82, 2.24) is 3.71 Å². The maximum absolute atomic E-state index is 11.5. The average molecular weight is 331 g/mol. The van der Waals surface area contributed by atoms with Gasteiger partial charge in [0.2, 0.25) is 20.0 Å². The first kappa shape index (κ1) is 19.3. The first-order chi connectivity index (χ1) is 9.02. The molecule has 8 nitrogen and oxygen atoms in total. The molecule has 0 aliphatic carbocycles. The lowest BCUT2D eigenvalue weighted by molar-refractivity contribution is -0.896. The second kappa shape index (κ2) is 7.91. The second-order valence-electron chi connectivity index (χ2n) is 4.38. The molecule has 1 N–H and O–H groups in total. The summed E-state index contributed by atoms with van der Waals surface area (Å²) in [5, 5.41) is 0. The van der Waals surface area contributed by atoms with E-state index in [1.165, 1.54) is 4.90 Å². The Morgan fingerprint density at radius 3 is 1.85 bits per heavy atom. The van der Waals surface area contributed by atoms with Gasteiger partial charge in [0.05, 0.1) is 25.6 Å². The monoisotopic (exact) mass is 331 g/mol. The number of rotatable bonds is 9. The van der Waals surface area contributed by atoms with E-state index in [4.69, 9.17) is 4.74 Å². The van der Waals surface area contributed by atoms with Crippen LogP contribution in [0, 0.1) is 0 Å². The fraction of sp³-hybridized carbons (Fsp3) is 0.900. The van der Waals surface area contributed by atoms with E-state index in [0.717, 1.165) is 25.6 Å². The molecule has 0 saturated heterocycles. The van der Waals surface area contributed by atoms with Gasteiger partial charge in [-0.15, -0.1) is 0 Å². The van der Waals surface area contributed by atoms with E-state index >= 15 is 0 Å². The van der Waals surface area contributed by atoms with Crippen LogP contribution in [0.25, 0.3) is 0 Å². The molecule has 20 heavy (non-hydrogen) atoms. The predicted molar refractivity (Wildman–Crippen MR) is 74.3 cm³/mol. The Morgan fingerprint density at radius 1 is 1.05 bits per heavy atom. The topological polar surface area (TPSA) is 102 Å². The van der Waals surface area contributed by atoms with Crippen LogP contribution in [-0.4, -0.2) is 71.8 Å². The number of nitrogens with zero attached hydrogens (tertiary/aromatic N) is 1. The maximum Gasteiger partial charge on any atom is 0.322 e. The van der Waals surface area contributed by atoms with Crippen LogP contribution in [0.1, 0.15) is 13.8 Å². The zero-order chi connectivity index (χ0) is 16.0. The predicted octanol–water partition coefficient (Wildman–Crippen LogP) is -2.32. The normalized spacial score (nSPS) is 12.9. The third-order valence-corrected chi connectivity index (χ3v) is 6.08. The molecule has 0 aromatic rings. The number of hydrogen-bond acceptors (Lipinski definition) is 6. The number of quaternary nitrogens is 1. The van der Waals surface area contributed by atoms with Crippen LogP contribution in [0.4, 0.5) is 0 Å². The Labute approximate surface area is 120 Å². The minimum Gasteiger partial charge on any atom is -0.459 e. The largest absolute Gasteiger partial charge is 0.459 e. The number of nitrogens with one attached hydrogen (secondary N) is 1. The zero-order valence-electron chi connectivity index (χ0n) is 12.2. The highest BCUT2D eigenvalue weighted by atomic mass is 32.3. The number of ether oxygens (including phenoxy) is 1. The molecule has 0 rings (SSSR count). The lowest BCUT2D eigenvalue weighted by Gasteiger charge is -2.18. The van der Waals surface area contributed by atoms with Gasteiger partial charge >= 0.3 is 5.97 Å². The summed E-state index contributed by atoms with van der Waals surface area (Å²) in [6.07, 6.45) is 1.45. The number of esters is 1. The molecule has 0 amide bonds. The van der Waals surface area contributed by atoms with Gasteiger partial charge in [-0.05, 0) is 13.8 Å². The van der Waals surface area contributed by atoms with Crippen molar-refractivity contribution in [3.63, 3.8) is 0 Å². The molecule has 0 aromatic carbocycles. The smallest absolute Gasteiger partial charge is 0.322 e. The van der Waals surface area contributed by atoms with E-state index < -0.39 is 32.6 Å². The molecule has 0 aliphatic rings. The number of carbonyl (C=O) groups is 1. The Balaban J connectivity index is 4.51. The summed E-state index contributed by atoms with van der Waals surface area (Å²) in [6, 6.07) is 0. The van der Waals surface area contributed by atoms with Gasteiger partial charge in [-0.2, -0.15) is 0 Å². The fourth-order valence-electron chi connectivity index (χ4n) is 1.54. The highest BCUT2D eigenvalue weighted by Crippen LogP contribution is 2.04. The number of hydrogen-bond donors (Lipinski definition) is 1. The highest BCUT2D eigenvalue weighted by Gasteiger charge is 2.29. The molecule has 0 fully saturated rings. The van der Waals surface area contributed by atoms with Crippen molar-refractivity contribution < 1.29 is 31.3 Å². The number of likely N-dealkylation sites (N-methyl/N-ethyl adjacent to an activating group) is 1. The molecular weight excluding hydrogens is 308 g/mol. The molecule has 0 spiro atoms. The lowest BCUT2D eigenvalue weighted by Crippen LogP contribution is -3.11. The zero-order valence-corrected chi connectivity index (χ0v) is 13.9. The molecule has 0 aliphatic heterocycles. The fourth-order valence-corrected chi connectivity index (χ4v) is 4.19. The minimum atomic E-state index is -4.03. The van der Waals surface area contributed by atoms with Crippen molar-refractivity contribution in [2.75, 3.05) is 45.3 Å². The van der Waals surface area contributed by atoms with E-state index in [0.29, 0.717) is 6.54 Å². The molecule has 0 atom stereocenters. The van der Waals surface area contributed by atoms with Gasteiger partial charge in [0.1, 0.15) is 19.7 Å². The van der Waals surface area contributed by atoms with Gasteiger partial charge in [0, 0.05) is 0 Å². The number of sulfonamides is 2. The SMILES string of the molecule is CC[NH+](CC)CCOC(=O)CN(S(C)(=O)=O)S(C)(=O)=O. The van der Waals surface area contributed by atoms with Crippen LogP contribution >= 0.6 is 0 Å². The molecule has 0 unspecified atom stereocenters. The summed E-state index contributed by atoms with van der Waals surface area (Å²) in [6.45, 7) is 5.64. The van der Waals surface area contributed by atoms with Gasteiger partial charge in [0.25, 0.3) is 0 Å².